The maximum atomic E-state index is 4.82. The van der Waals surface area contributed by atoms with Crippen molar-refractivity contribution in [1.29, 1.82) is 0 Å². The van der Waals surface area contributed by atoms with E-state index in [0.29, 0.717) is 12.5 Å². The summed E-state index contributed by atoms with van der Waals surface area (Å²) in [4.78, 5) is 11.7. The molecule has 0 bridgehead atoms. The summed E-state index contributed by atoms with van der Waals surface area (Å²) in [6.45, 7) is 13.7. The van der Waals surface area contributed by atoms with Crippen LogP contribution in [0, 0.1) is 11.8 Å². The van der Waals surface area contributed by atoms with E-state index in [4.69, 9.17) is 4.99 Å². The highest BCUT2D eigenvalue weighted by Crippen LogP contribution is 2.16. The van der Waals surface area contributed by atoms with Crippen LogP contribution in [0.4, 0.5) is 0 Å². The van der Waals surface area contributed by atoms with Crippen molar-refractivity contribution in [2.24, 2.45) is 16.8 Å². The lowest BCUT2D eigenvalue weighted by Gasteiger charge is -2.33. The normalized spacial score (nSPS) is 16.6. The first-order chi connectivity index (χ1) is 10.6. The van der Waals surface area contributed by atoms with Crippen LogP contribution in [0.15, 0.2) is 17.4 Å². The monoisotopic (exact) mass is 433 g/mol. The van der Waals surface area contributed by atoms with Gasteiger partial charge in [0.2, 0.25) is 0 Å². The number of halogens is 1. The second kappa shape index (κ2) is 10.2. The number of nitrogens with one attached hydrogen (secondary N) is 1. The summed E-state index contributed by atoms with van der Waals surface area (Å²) in [5.41, 5.74) is 0. The lowest BCUT2D eigenvalue weighted by atomic mass is 10.00. The summed E-state index contributed by atoms with van der Waals surface area (Å²) in [5.74, 6) is 3.54. The van der Waals surface area contributed by atoms with Gasteiger partial charge in [-0.25, -0.2) is 9.98 Å². The molecule has 2 heterocycles. The number of nitrogens with zero attached hydrogens (tertiary/aromatic N) is 4. The van der Waals surface area contributed by atoms with Crippen molar-refractivity contribution in [3.05, 3.63) is 18.2 Å². The Balaban J connectivity index is 0.00000264. The van der Waals surface area contributed by atoms with Crippen molar-refractivity contribution in [2.45, 2.75) is 53.6 Å². The van der Waals surface area contributed by atoms with Crippen LogP contribution in [-0.4, -0.2) is 40.0 Å². The first-order valence-corrected chi connectivity index (χ1v) is 8.63. The Bertz CT molecular complexity index is 475. The van der Waals surface area contributed by atoms with Crippen LogP contribution in [0.3, 0.4) is 0 Å². The molecule has 1 aliphatic heterocycles. The van der Waals surface area contributed by atoms with Crippen LogP contribution in [-0.2, 0) is 13.1 Å². The fraction of sp³-hybridized carbons (Fsp3) is 0.765. The molecule has 1 aromatic heterocycles. The van der Waals surface area contributed by atoms with Gasteiger partial charge in [-0.1, -0.05) is 20.8 Å². The molecule has 0 radical (unpaired) electrons. The Labute approximate surface area is 158 Å². The van der Waals surface area contributed by atoms with Gasteiger partial charge in [0.25, 0.3) is 0 Å². The third-order valence-electron chi connectivity index (χ3n) is 4.15. The lowest BCUT2D eigenvalue weighted by Crippen LogP contribution is -2.45. The highest BCUT2D eigenvalue weighted by atomic mass is 127. The second-order valence-corrected chi connectivity index (χ2v) is 6.73. The van der Waals surface area contributed by atoms with Gasteiger partial charge in [-0.2, -0.15) is 0 Å². The fourth-order valence-corrected chi connectivity index (χ4v) is 2.84. The average Bonchev–Trinajstić information content (AvgIpc) is 2.91. The molecule has 6 heteroatoms. The van der Waals surface area contributed by atoms with Crippen LogP contribution in [0.1, 0.15) is 46.4 Å². The smallest absolute Gasteiger partial charge is 0.194 e. The van der Waals surface area contributed by atoms with Gasteiger partial charge >= 0.3 is 0 Å². The molecular formula is C17H32IN5. The average molecular weight is 433 g/mol. The molecule has 0 spiro atoms. The molecule has 0 saturated carbocycles. The summed E-state index contributed by atoms with van der Waals surface area (Å²) in [6, 6.07) is 0. The van der Waals surface area contributed by atoms with E-state index in [1.54, 1.807) is 0 Å². The molecule has 1 saturated heterocycles. The topological polar surface area (TPSA) is 45.5 Å². The van der Waals surface area contributed by atoms with Gasteiger partial charge in [0.15, 0.2) is 5.96 Å². The summed E-state index contributed by atoms with van der Waals surface area (Å²) < 4.78 is 2.22. The number of hydrogen-bond acceptors (Lipinski definition) is 2. The Hall–Kier alpha value is -0.790. The minimum absolute atomic E-state index is 0. The van der Waals surface area contributed by atoms with Gasteiger partial charge < -0.3 is 14.8 Å². The van der Waals surface area contributed by atoms with E-state index in [1.807, 2.05) is 6.20 Å². The van der Waals surface area contributed by atoms with Crippen molar-refractivity contribution in [3.63, 3.8) is 0 Å². The van der Waals surface area contributed by atoms with Gasteiger partial charge in [0.05, 0.1) is 0 Å². The molecule has 1 N–H and O–H groups in total. The van der Waals surface area contributed by atoms with Gasteiger partial charge in [-0.05, 0) is 31.6 Å². The van der Waals surface area contributed by atoms with Crippen molar-refractivity contribution in [3.8, 4) is 0 Å². The van der Waals surface area contributed by atoms with Crippen LogP contribution in [0.2, 0.25) is 0 Å². The number of aromatic nitrogens is 2. The first-order valence-electron chi connectivity index (χ1n) is 8.63. The molecule has 23 heavy (non-hydrogen) atoms. The Kier molecular flexibility index (Phi) is 8.94. The second-order valence-electron chi connectivity index (χ2n) is 6.73. The molecule has 0 aliphatic carbocycles. The van der Waals surface area contributed by atoms with Gasteiger partial charge in [0, 0.05) is 38.6 Å². The van der Waals surface area contributed by atoms with E-state index in [1.165, 1.54) is 12.8 Å². The number of rotatable bonds is 5. The zero-order chi connectivity index (χ0) is 15.9. The van der Waals surface area contributed by atoms with Crippen molar-refractivity contribution < 1.29 is 0 Å². The quantitative estimate of drug-likeness (QED) is 0.440. The Morgan fingerprint density at radius 3 is 2.70 bits per heavy atom. The molecule has 5 nitrogen and oxygen atoms in total. The molecule has 0 atom stereocenters. The lowest BCUT2D eigenvalue weighted by molar-refractivity contribution is 0.273. The van der Waals surface area contributed by atoms with Gasteiger partial charge in [-0.3, -0.25) is 0 Å². The zero-order valence-electron chi connectivity index (χ0n) is 15.0. The van der Waals surface area contributed by atoms with E-state index in [0.717, 1.165) is 43.9 Å². The summed E-state index contributed by atoms with van der Waals surface area (Å²) >= 11 is 0. The SMILES string of the molecule is CCNC(=NCc1nccn1CC(C)C)N1CCC(C)CC1.I. The summed E-state index contributed by atoms with van der Waals surface area (Å²) in [5, 5.41) is 3.43. The van der Waals surface area contributed by atoms with Gasteiger partial charge in [0.1, 0.15) is 12.4 Å². The van der Waals surface area contributed by atoms with Crippen LogP contribution < -0.4 is 5.32 Å². The van der Waals surface area contributed by atoms with Crippen molar-refractivity contribution in [2.75, 3.05) is 19.6 Å². The predicted molar refractivity (Wildman–Crippen MR) is 107 cm³/mol. The first kappa shape index (κ1) is 20.3. The zero-order valence-corrected chi connectivity index (χ0v) is 17.3. The maximum Gasteiger partial charge on any atom is 0.194 e. The Morgan fingerprint density at radius 1 is 1.39 bits per heavy atom. The number of likely N-dealkylation sites (tertiary alicyclic amines) is 1. The molecule has 132 valence electrons. The fourth-order valence-electron chi connectivity index (χ4n) is 2.84. The number of imidazole rings is 1. The molecule has 1 aromatic rings. The Morgan fingerprint density at radius 2 is 2.09 bits per heavy atom. The third kappa shape index (κ3) is 6.31. The molecule has 0 amide bonds. The van der Waals surface area contributed by atoms with Crippen LogP contribution in [0.25, 0.3) is 0 Å². The third-order valence-corrected chi connectivity index (χ3v) is 4.15. The number of piperidine rings is 1. The maximum absolute atomic E-state index is 4.82. The standard InChI is InChI=1S/C17H31N5.HI/c1-5-18-17(21-9-6-15(4)7-10-21)20-12-16-19-8-11-22(16)13-14(2)3;/h8,11,14-15H,5-7,9-10,12-13H2,1-4H3,(H,18,20);1H. The minimum atomic E-state index is 0. The largest absolute Gasteiger partial charge is 0.357 e. The molecule has 0 aromatic carbocycles. The van der Waals surface area contributed by atoms with Crippen LogP contribution >= 0.6 is 24.0 Å². The molecular weight excluding hydrogens is 401 g/mol. The van der Waals surface area contributed by atoms with E-state index < -0.39 is 0 Å². The highest BCUT2D eigenvalue weighted by Gasteiger charge is 2.18. The van der Waals surface area contributed by atoms with E-state index in [2.05, 4.69) is 53.7 Å². The number of guanidine groups is 1. The van der Waals surface area contributed by atoms with E-state index in [9.17, 15) is 0 Å². The van der Waals surface area contributed by atoms with E-state index in [-0.39, 0.29) is 24.0 Å². The summed E-state index contributed by atoms with van der Waals surface area (Å²) in [6.07, 6.45) is 6.45. The van der Waals surface area contributed by atoms with Crippen molar-refractivity contribution in [1.82, 2.24) is 19.8 Å². The highest BCUT2D eigenvalue weighted by molar-refractivity contribution is 14.0. The van der Waals surface area contributed by atoms with E-state index >= 15 is 0 Å². The number of aliphatic imine (C=N–C) groups is 1. The van der Waals surface area contributed by atoms with Crippen LogP contribution in [0.5, 0.6) is 0 Å². The van der Waals surface area contributed by atoms with Crippen molar-refractivity contribution >= 4 is 29.9 Å². The van der Waals surface area contributed by atoms with Gasteiger partial charge in [-0.15, -0.1) is 24.0 Å². The molecule has 1 fully saturated rings. The number of hydrogen-bond donors (Lipinski definition) is 1. The predicted octanol–water partition coefficient (Wildman–Crippen LogP) is 3.35. The molecule has 1 aliphatic rings. The molecule has 2 rings (SSSR count). The molecule has 0 unspecified atom stereocenters. The minimum Gasteiger partial charge on any atom is -0.357 e. The summed E-state index contributed by atoms with van der Waals surface area (Å²) in [7, 11) is 0.